The zero-order valence-electron chi connectivity index (χ0n) is 25.9. The number of hydrogen-bond donors (Lipinski definition) is 0. The molecule has 0 aromatic heterocycles. The van der Waals surface area contributed by atoms with E-state index in [2.05, 4.69) is 12.1 Å². The van der Waals surface area contributed by atoms with Gasteiger partial charge in [-0.25, -0.2) is 9.59 Å². The number of benzene rings is 6. The first kappa shape index (κ1) is 30.3. The summed E-state index contributed by atoms with van der Waals surface area (Å²) in [7, 11) is 3.03. The van der Waals surface area contributed by atoms with E-state index in [4.69, 9.17) is 18.9 Å². The van der Waals surface area contributed by atoms with Crippen molar-refractivity contribution in [3.05, 3.63) is 120 Å². The predicted octanol–water partition coefficient (Wildman–Crippen LogP) is 8.63. The first-order chi connectivity index (χ1) is 21.9. The molecule has 6 aromatic rings. The molecule has 6 nitrogen and oxygen atoms in total. The van der Waals surface area contributed by atoms with Crippen LogP contribution >= 0.6 is 0 Å². The van der Waals surface area contributed by atoms with E-state index in [-0.39, 0.29) is 0 Å². The van der Waals surface area contributed by atoms with Crippen LogP contribution in [0.25, 0.3) is 43.1 Å². The van der Waals surface area contributed by atoms with Gasteiger partial charge in [-0.3, -0.25) is 0 Å². The summed E-state index contributed by atoms with van der Waals surface area (Å²) in [6.45, 7) is 3.59. The standard InChI is InChI=1S/C39H36O6/c1-24(44-38(40)36(42-3)34-30-17-9-5-13-26(30)22-27-14-6-10-18-31(27)34)21-25(2)45-39(41)37(43-4)35-32-19-11-7-15-28(32)23-29-16-8-12-20-33(29)35/h5-20,22-25,36-37H,21H2,1-4H3/t24-,25-,36-,37-/m0/s1. The van der Waals surface area contributed by atoms with E-state index in [0.717, 1.165) is 54.2 Å². The van der Waals surface area contributed by atoms with Gasteiger partial charge in [0.2, 0.25) is 0 Å². The average Bonchev–Trinajstić information content (AvgIpc) is 3.04. The Hall–Kier alpha value is -4.78. The van der Waals surface area contributed by atoms with E-state index in [1.165, 1.54) is 14.2 Å². The van der Waals surface area contributed by atoms with Crippen LogP contribution in [0, 0.1) is 0 Å². The number of hydrogen-bond acceptors (Lipinski definition) is 6. The smallest absolute Gasteiger partial charge is 0.340 e. The van der Waals surface area contributed by atoms with Crippen LogP contribution in [0.4, 0.5) is 0 Å². The van der Waals surface area contributed by atoms with Crippen LogP contribution in [0.3, 0.4) is 0 Å². The zero-order valence-corrected chi connectivity index (χ0v) is 25.9. The first-order valence-electron chi connectivity index (χ1n) is 15.2. The molecule has 6 aromatic carbocycles. The number of fused-ring (bicyclic) bond motifs is 4. The highest BCUT2D eigenvalue weighted by molar-refractivity contribution is 6.06. The molecule has 0 aliphatic heterocycles. The maximum Gasteiger partial charge on any atom is 0.340 e. The third-order valence-corrected chi connectivity index (χ3v) is 8.35. The van der Waals surface area contributed by atoms with Crippen LogP contribution in [0.1, 0.15) is 43.6 Å². The van der Waals surface area contributed by atoms with E-state index in [0.29, 0.717) is 6.42 Å². The Labute approximate surface area is 262 Å². The van der Waals surface area contributed by atoms with Gasteiger partial charge in [-0.05, 0) is 69.1 Å². The van der Waals surface area contributed by atoms with Crippen molar-refractivity contribution in [1.29, 1.82) is 0 Å². The lowest BCUT2D eigenvalue weighted by atomic mass is 9.93. The monoisotopic (exact) mass is 600 g/mol. The van der Waals surface area contributed by atoms with Crippen molar-refractivity contribution in [3.63, 3.8) is 0 Å². The third kappa shape index (κ3) is 5.99. The van der Waals surface area contributed by atoms with Crippen LogP contribution in [0.2, 0.25) is 0 Å². The largest absolute Gasteiger partial charge is 0.460 e. The number of ether oxygens (including phenoxy) is 4. The second-order valence-electron chi connectivity index (χ2n) is 11.4. The quantitative estimate of drug-likeness (QED) is 0.116. The third-order valence-electron chi connectivity index (χ3n) is 8.35. The Morgan fingerprint density at radius 1 is 0.511 bits per heavy atom. The van der Waals surface area contributed by atoms with Crippen molar-refractivity contribution in [2.45, 2.75) is 44.7 Å². The fraction of sp³-hybridized carbons (Fsp3) is 0.231. The molecule has 4 atom stereocenters. The second-order valence-corrected chi connectivity index (χ2v) is 11.4. The van der Waals surface area contributed by atoms with Crippen molar-refractivity contribution in [2.24, 2.45) is 0 Å². The van der Waals surface area contributed by atoms with E-state index in [9.17, 15) is 9.59 Å². The van der Waals surface area contributed by atoms with Gasteiger partial charge in [0.05, 0.1) is 0 Å². The average molecular weight is 601 g/mol. The highest BCUT2D eigenvalue weighted by atomic mass is 16.6. The van der Waals surface area contributed by atoms with Gasteiger partial charge in [-0.15, -0.1) is 0 Å². The Kier molecular flexibility index (Phi) is 8.78. The number of rotatable bonds is 10. The zero-order chi connectivity index (χ0) is 31.5. The number of esters is 2. The van der Waals surface area contributed by atoms with Crippen molar-refractivity contribution in [1.82, 2.24) is 0 Å². The van der Waals surface area contributed by atoms with Crippen LogP contribution in [-0.4, -0.2) is 38.4 Å². The SMILES string of the molecule is CO[C@H](C(=O)O[C@@H](C)C[C@H](C)OC(=O)[C@@H](OC)c1c2ccccc2cc2ccccc12)c1c2ccccc2cc2ccccc12. The molecule has 45 heavy (non-hydrogen) atoms. The van der Waals surface area contributed by atoms with Crippen LogP contribution < -0.4 is 0 Å². The van der Waals surface area contributed by atoms with Gasteiger partial charge >= 0.3 is 11.9 Å². The highest BCUT2D eigenvalue weighted by Crippen LogP contribution is 2.37. The Morgan fingerprint density at radius 2 is 0.800 bits per heavy atom. The summed E-state index contributed by atoms with van der Waals surface area (Å²) in [5.41, 5.74) is 1.54. The molecule has 0 saturated carbocycles. The van der Waals surface area contributed by atoms with Gasteiger partial charge in [0.25, 0.3) is 0 Å². The van der Waals surface area contributed by atoms with E-state index >= 15 is 0 Å². The van der Waals surface area contributed by atoms with Crippen molar-refractivity contribution < 1.29 is 28.5 Å². The molecule has 6 rings (SSSR count). The Bertz CT molecular complexity index is 1760. The Balaban J connectivity index is 1.19. The van der Waals surface area contributed by atoms with E-state index in [1.54, 1.807) is 13.8 Å². The molecule has 0 bridgehead atoms. The second kappa shape index (κ2) is 13.1. The molecule has 0 radical (unpaired) electrons. The molecular formula is C39H36O6. The van der Waals surface area contributed by atoms with Gasteiger partial charge in [0.15, 0.2) is 12.2 Å². The summed E-state index contributed by atoms with van der Waals surface area (Å²) in [6, 6.07) is 36.0. The summed E-state index contributed by atoms with van der Waals surface area (Å²) in [6.07, 6.45) is -2.65. The maximum atomic E-state index is 13.6. The number of methoxy groups -OCH3 is 2. The van der Waals surface area contributed by atoms with Gasteiger partial charge in [0, 0.05) is 31.8 Å². The minimum atomic E-state index is -0.932. The molecule has 0 amide bonds. The molecule has 0 heterocycles. The summed E-state index contributed by atoms with van der Waals surface area (Å²) >= 11 is 0. The lowest BCUT2D eigenvalue weighted by molar-refractivity contribution is -0.166. The van der Waals surface area contributed by atoms with Crippen LogP contribution in [0.5, 0.6) is 0 Å². The first-order valence-corrected chi connectivity index (χ1v) is 15.2. The molecule has 0 unspecified atom stereocenters. The summed E-state index contributed by atoms with van der Waals surface area (Å²) in [5, 5.41) is 7.79. The van der Waals surface area contributed by atoms with Crippen LogP contribution in [0.15, 0.2) is 109 Å². The number of carbonyl (C=O) groups is 2. The molecule has 0 aliphatic rings. The van der Waals surface area contributed by atoms with Gasteiger partial charge in [0.1, 0.15) is 12.2 Å². The van der Waals surface area contributed by atoms with Crippen molar-refractivity contribution >= 4 is 55.0 Å². The van der Waals surface area contributed by atoms with Crippen LogP contribution in [-0.2, 0) is 28.5 Å². The summed E-state index contributed by atoms with van der Waals surface area (Å²) < 4.78 is 23.4. The van der Waals surface area contributed by atoms with Crippen molar-refractivity contribution in [3.8, 4) is 0 Å². The van der Waals surface area contributed by atoms with Gasteiger partial charge in [-0.1, -0.05) is 97.1 Å². The maximum absolute atomic E-state index is 13.6. The summed E-state index contributed by atoms with van der Waals surface area (Å²) in [4.78, 5) is 27.2. The fourth-order valence-corrected chi connectivity index (χ4v) is 6.41. The molecule has 228 valence electrons. The van der Waals surface area contributed by atoms with E-state index < -0.39 is 36.4 Å². The minimum absolute atomic E-state index is 0.302. The number of carbonyl (C=O) groups excluding carboxylic acids is 2. The predicted molar refractivity (Wildman–Crippen MR) is 178 cm³/mol. The molecule has 0 fully saturated rings. The Morgan fingerprint density at radius 3 is 1.09 bits per heavy atom. The molecule has 0 N–H and O–H groups in total. The van der Waals surface area contributed by atoms with Crippen molar-refractivity contribution in [2.75, 3.05) is 14.2 Å². The molecular weight excluding hydrogens is 564 g/mol. The lowest BCUT2D eigenvalue weighted by Gasteiger charge is -2.24. The topological polar surface area (TPSA) is 71.1 Å². The van der Waals surface area contributed by atoms with Gasteiger partial charge < -0.3 is 18.9 Å². The van der Waals surface area contributed by atoms with Gasteiger partial charge in [-0.2, -0.15) is 0 Å². The molecule has 0 saturated heterocycles. The lowest BCUT2D eigenvalue weighted by Crippen LogP contribution is -2.28. The highest BCUT2D eigenvalue weighted by Gasteiger charge is 2.30. The molecule has 6 heteroatoms. The fourth-order valence-electron chi connectivity index (χ4n) is 6.41. The minimum Gasteiger partial charge on any atom is -0.460 e. The van der Waals surface area contributed by atoms with E-state index in [1.807, 2.05) is 97.1 Å². The molecule has 0 aliphatic carbocycles. The summed E-state index contributed by atoms with van der Waals surface area (Å²) in [5.74, 6) is -0.996. The molecule has 0 spiro atoms. The normalized spacial score (nSPS) is 14.3.